The molecule has 0 saturated carbocycles. The third-order valence-corrected chi connectivity index (χ3v) is 3.86. The number of aromatic nitrogens is 2. The Morgan fingerprint density at radius 1 is 1.50 bits per heavy atom. The molecule has 1 amide bonds. The van der Waals surface area contributed by atoms with Crippen LogP contribution < -0.4 is 5.32 Å². The number of anilines is 1. The van der Waals surface area contributed by atoms with Crippen molar-refractivity contribution < 1.29 is 9.21 Å². The van der Waals surface area contributed by atoms with Crippen molar-refractivity contribution in [2.75, 3.05) is 5.32 Å². The molecule has 2 aromatic rings. The SMILES string of the molecule is CC(=O)Nc1nc(CSc2nc(C)c(C)o2)cs1. The summed E-state index contributed by atoms with van der Waals surface area (Å²) in [5.41, 5.74) is 1.82. The van der Waals surface area contributed by atoms with E-state index in [1.807, 2.05) is 19.2 Å². The Morgan fingerprint density at radius 2 is 2.28 bits per heavy atom. The van der Waals surface area contributed by atoms with Gasteiger partial charge in [-0.1, -0.05) is 11.8 Å². The molecule has 7 heteroatoms. The van der Waals surface area contributed by atoms with Crippen molar-refractivity contribution in [2.45, 2.75) is 31.7 Å². The quantitative estimate of drug-likeness (QED) is 0.874. The predicted molar refractivity (Wildman–Crippen MR) is 72.0 cm³/mol. The Hall–Kier alpha value is -1.34. The van der Waals surface area contributed by atoms with Crippen LogP contribution in [-0.4, -0.2) is 15.9 Å². The number of amides is 1. The van der Waals surface area contributed by atoms with E-state index in [2.05, 4.69) is 15.3 Å². The van der Waals surface area contributed by atoms with Gasteiger partial charge in [-0.25, -0.2) is 9.97 Å². The van der Waals surface area contributed by atoms with Crippen LogP contribution in [0.2, 0.25) is 0 Å². The summed E-state index contributed by atoms with van der Waals surface area (Å²) in [6.45, 7) is 5.28. The minimum atomic E-state index is -0.109. The number of thioether (sulfide) groups is 1. The maximum Gasteiger partial charge on any atom is 0.256 e. The number of carbonyl (C=O) groups is 1. The highest BCUT2D eigenvalue weighted by molar-refractivity contribution is 7.98. The van der Waals surface area contributed by atoms with Gasteiger partial charge < -0.3 is 9.73 Å². The molecule has 0 unspecified atom stereocenters. The summed E-state index contributed by atoms with van der Waals surface area (Å²) in [7, 11) is 0. The lowest BCUT2D eigenvalue weighted by Crippen LogP contribution is -2.05. The Balaban J connectivity index is 1.93. The molecule has 2 rings (SSSR count). The zero-order valence-corrected chi connectivity index (χ0v) is 11.9. The highest BCUT2D eigenvalue weighted by atomic mass is 32.2. The Bertz CT molecular complexity index is 543. The molecule has 2 heterocycles. The van der Waals surface area contributed by atoms with Gasteiger partial charge in [0.05, 0.1) is 11.4 Å². The van der Waals surface area contributed by atoms with E-state index in [0.29, 0.717) is 16.1 Å². The molecule has 96 valence electrons. The Kier molecular flexibility index (Phi) is 4.03. The van der Waals surface area contributed by atoms with Crippen molar-refractivity contribution in [1.82, 2.24) is 9.97 Å². The van der Waals surface area contributed by atoms with Crippen LogP contribution in [-0.2, 0) is 10.5 Å². The highest BCUT2D eigenvalue weighted by Crippen LogP contribution is 2.25. The topological polar surface area (TPSA) is 68.0 Å². The molecular formula is C11H13N3O2S2. The number of thiazole rings is 1. The smallest absolute Gasteiger partial charge is 0.256 e. The fraction of sp³-hybridized carbons (Fsp3) is 0.364. The maximum absolute atomic E-state index is 10.9. The lowest BCUT2D eigenvalue weighted by atomic mass is 10.4. The highest BCUT2D eigenvalue weighted by Gasteiger charge is 2.08. The van der Waals surface area contributed by atoms with Crippen molar-refractivity contribution in [3.63, 3.8) is 0 Å². The molecule has 0 radical (unpaired) electrons. The minimum absolute atomic E-state index is 0.109. The second-order valence-corrected chi connectivity index (χ2v) is 5.52. The second kappa shape index (κ2) is 5.53. The largest absolute Gasteiger partial charge is 0.437 e. The third-order valence-electron chi connectivity index (χ3n) is 2.19. The van der Waals surface area contributed by atoms with Gasteiger partial charge in [0.2, 0.25) is 5.91 Å². The zero-order chi connectivity index (χ0) is 13.1. The summed E-state index contributed by atoms with van der Waals surface area (Å²) in [5.74, 6) is 1.41. The van der Waals surface area contributed by atoms with E-state index < -0.39 is 0 Å². The van der Waals surface area contributed by atoms with Crippen molar-refractivity contribution in [2.24, 2.45) is 0 Å². The van der Waals surface area contributed by atoms with Crippen LogP contribution in [0.25, 0.3) is 0 Å². The van der Waals surface area contributed by atoms with Gasteiger partial charge in [0.1, 0.15) is 5.76 Å². The average molecular weight is 283 g/mol. The summed E-state index contributed by atoms with van der Waals surface area (Å²) >= 11 is 2.91. The van der Waals surface area contributed by atoms with Crippen LogP contribution in [0.15, 0.2) is 15.0 Å². The molecule has 0 aliphatic carbocycles. The molecule has 0 aliphatic heterocycles. The number of hydrogen-bond donors (Lipinski definition) is 1. The molecule has 2 aromatic heterocycles. The third kappa shape index (κ3) is 3.33. The van der Waals surface area contributed by atoms with Crippen LogP contribution in [0, 0.1) is 13.8 Å². The van der Waals surface area contributed by atoms with E-state index in [4.69, 9.17) is 4.42 Å². The molecular weight excluding hydrogens is 270 g/mol. The van der Waals surface area contributed by atoms with Gasteiger partial charge in [0, 0.05) is 18.1 Å². The van der Waals surface area contributed by atoms with E-state index >= 15 is 0 Å². The van der Waals surface area contributed by atoms with Gasteiger partial charge in [0.25, 0.3) is 5.22 Å². The minimum Gasteiger partial charge on any atom is -0.437 e. The van der Waals surface area contributed by atoms with E-state index in [1.165, 1.54) is 30.0 Å². The van der Waals surface area contributed by atoms with Gasteiger partial charge in [-0.2, -0.15) is 0 Å². The number of hydrogen-bond acceptors (Lipinski definition) is 6. The first-order valence-electron chi connectivity index (χ1n) is 5.33. The molecule has 1 N–H and O–H groups in total. The van der Waals surface area contributed by atoms with Crippen LogP contribution in [0.5, 0.6) is 0 Å². The molecule has 18 heavy (non-hydrogen) atoms. The molecule has 0 fully saturated rings. The van der Waals surface area contributed by atoms with Gasteiger partial charge >= 0.3 is 0 Å². The summed E-state index contributed by atoms with van der Waals surface area (Å²) in [4.78, 5) is 19.4. The second-order valence-electron chi connectivity index (χ2n) is 3.74. The lowest BCUT2D eigenvalue weighted by Gasteiger charge is -1.94. The first-order valence-corrected chi connectivity index (χ1v) is 7.20. The average Bonchev–Trinajstić information content (AvgIpc) is 2.84. The number of carbonyl (C=O) groups excluding carboxylic acids is 1. The Labute approximate surface area is 113 Å². The monoisotopic (exact) mass is 283 g/mol. The van der Waals surface area contributed by atoms with Crippen molar-refractivity contribution >= 4 is 34.1 Å². The molecule has 0 saturated heterocycles. The van der Waals surface area contributed by atoms with Gasteiger partial charge in [0.15, 0.2) is 5.13 Å². The summed E-state index contributed by atoms with van der Waals surface area (Å²) < 4.78 is 5.47. The molecule has 0 aromatic carbocycles. The fourth-order valence-electron chi connectivity index (χ4n) is 1.22. The Morgan fingerprint density at radius 3 is 2.89 bits per heavy atom. The van der Waals surface area contributed by atoms with E-state index in [1.54, 1.807) is 0 Å². The standard InChI is InChI=1S/C11H13N3O2S2/c1-6-7(2)16-11(12-6)18-5-9-4-17-10(14-9)13-8(3)15/h4H,5H2,1-3H3,(H,13,14,15). The number of nitrogens with zero attached hydrogens (tertiary/aromatic N) is 2. The summed E-state index contributed by atoms with van der Waals surface area (Å²) in [5, 5.41) is 5.85. The number of aryl methyl sites for hydroxylation is 2. The van der Waals surface area contributed by atoms with Crippen LogP contribution >= 0.6 is 23.1 Å². The van der Waals surface area contributed by atoms with E-state index in [0.717, 1.165) is 17.1 Å². The fourth-order valence-corrected chi connectivity index (χ4v) is 2.89. The number of nitrogens with one attached hydrogen (secondary N) is 1. The predicted octanol–water partition coefficient (Wildman–Crippen LogP) is 3.00. The summed E-state index contributed by atoms with van der Waals surface area (Å²) in [6, 6.07) is 0. The molecule has 5 nitrogen and oxygen atoms in total. The molecule has 0 bridgehead atoms. The van der Waals surface area contributed by atoms with Crippen LogP contribution in [0.4, 0.5) is 5.13 Å². The van der Waals surface area contributed by atoms with Gasteiger partial charge in [-0.3, -0.25) is 4.79 Å². The van der Waals surface area contributed by atoms with Crippen LogP contribution in [0.3, 0.4) is 0 Å². The van der Waals surface area contributed by atoms with Gasteiger partial charge in [-0.15, -0.1) is 11.3 Å². The van der Waals surface area contributed by atoms with E-state index in [-0.39, 0.29) is 5.91 Å². The van der Waals surface area contributed by atoms with Gasteiger partial charge in [-0.05, 0) is 13.8 Å². The number of oxazole rings is 1. The lowest BCUT2D eigenvalue weighted by molar-refractivity contribution is -0.114. The molecule has 0 spiro atoms. The zero-order valence-electron chi connectivity index (χ0n) is 10.3. The maximum atomic E-state index is 10.9. The van der Waals surface area contributed by atoms with Crippen molar-refractivity contribution in [3.05, 3.63) is 22.5 Å². The molecule has 0 aliphatic rings. The molecule has 0 atom stereocenters. The summed E-state index contributed by atoms with van der Waals surface area (Å²) in [6.07, 6.45) is 0. The first-order chi connectivity index (χ1) is 8.54. The normalized spacial score (nSPS) is 10.6. The number of rotatable bonds is 4. The van der Waals surface area contributed by atoms with E-state index in [9.17, 15) is 4.79 Å². The first kappa shape index (κ1) is 13.1. The van der Waals surface area contributed by atoms with Crippen LogP contribution in [0.1, 0.15) is 24.1 Å². The van der Waals surface area contributed by atoms with Crippen molar-refractivity contribution in [1.29, 1.82) is 0 Å². The van der Waals surface area contributed by atoms with Crippen molar-refractivity contribution in [3.8, 4) is 0 Å².